The molecule has 0 spiro atoms. The molecule has 0 saturated carbocycles. The predicted molar refractivity (Wildman–Crippen MR) is 115 cm³/mol. The summed E-state index contributed by atoms with van der Waals surface area (Å²) in [6, 6.07) is 19.4. The molecule has 0 radical (unpaired) electrons. The van der Waals surface area contributed by atoms with Crippen LogP contribution in [-0.2, 0) is 16.1 Å². The summed E-state index contributed by atoms with van der Waals surface area (Å²) in [5, 5.41) is 0.458. The van der Waals surface area contributed by atoms with E-state index >= 15 is 0 Å². The van der Waals surface area contributed by atoms with Crippen molar-refractivity contribution in [1.82, 2.24) is 14.5 Å². The van der Waals surface area contributed by atoms with Crippen LogP contribution in [0.4, 0.5) is 0 Å². The summed E-state index contributed by atoms with van der Waals surface area (Å²) in [5.41, 5.74) is 1.85. The first-order valence-corrected chi connectivity index (χ1v) is 9.81. The third-order valence-electron chi connectivity index (χ3n) is 4.92. The smallest absolute Gasteiger partial charge is 0.329 e. The van der Waals surface area contributed by atoms with Crippen LogP contribution in [0.1, 0.15) is 24.9 Å². The highest BCUT2D eigenvalue weighted by molar-refractivity contribution is 5.81. The number of ether oxygens (including phenoxy) is 1. The van der Waals surface area contributed by atoms with Gasteiger partial charge in [-0.1, -0.05) is 49.4 Å². The molecule has 0 aliphatic heterocycles. The Morgan fingerprint density at radius 2 is 1.80 bits per heavy atom. The van der Waals surface area contributed by atoms with Crippen LogP contribution in [0.15, 0.2) is 83.9 Å². The summed E-state index contributed by atoms with van der Waals surface area (Å²) in [6.07, 6.45) is 3.67. The van der Waals surface area contributed by atoms with Gasteiger partial charge in [0.1, 0.15) is 18.5 Å². The number of hydrogen-bond donors (Lipinski definition) is 0. The number of aromatic nitrogens is 3. The molecular formula is C24H21N3O3. The van der Waals surface area contributed by atoms with Gasteiger partial charge in [0.25, 0.3) is 5.56 Å². The summed E-state index contributed by atoms with van der Waals surface area (Å²) in [5.74, 6) is -0.0685. The molecule has 6 nitrogen and oxygen atoms in total. The first-order chi connectivity index (χ1) is 14.7. The standard InChI is InChI=1S/C24H21N3O3/c1-2-21(24(29)30-16-17-9-4-3-5-10-17)27-22(18-11-8-14-25-15-18)26-20-13-7-6-12-19(20)23(27)28/h3-15,21H,2,16H2,1H3. The molecule has 0 bridgehead atoms. The van der Waals surface area contributed by atoms with Crippen molar-refractivity contribution in [3.63, 3.8) is 0 Å². The molecule has 2 aromatic heterocycles. The molecule has 2 heterocycles. The number of fused-ring (bicyclic) bond motifs is 1. The van der Waals surface area contributed by atoms with Crippen LogP contribution in [-0.4, -0.2) is 20.5 Å². The summed E-state index contributed by atoms with van der Waals surface area (Å²) < 4.78 is 6.99. The number of carbonyl (C=O) groups excluding carboxylic acids is 1. The Labute approximate surface area is 173 Å². The van der Waals surface area contributed by atoms with Crippen LogP contribution < -0.4 is 5.56 Å². The predicted octanol–water partition coefficient (Wildman–Crippen LogP) is 4.15. The van der Waals surface area contributed by atoms with E-state index in [-0.39, 0.29) is 12.2 Å². The lowest BCUT2D eigenvalue weighted by Crippen LogP contribution is -2.33. The van der Waals surface area contributed by atoms with Crippen molar-refractivity contribution < 1.29 is 9.53 Å². The Kier molecular flexibility index (Phi) is 5.66. The maximum absolute atomic E-state index is 13.4. The second-order valence-corrected chi connectivity index (χ2v) is 6.89. The van der Waals surface area contributed by atoms with E-state index in [2.05, 4.69) is 4.98 Å². The number of nitrogens with zero attached hydrogens (tertiary/aromatic N) is 3. The van der Waals surface area contributed by atoms with Gasteiger partial charge in [0.15, 0.2) is 0 Å². The summed E-state index contributed by atoms with van der Waals surface area (Å²) in [7, 11) is 0. The van der Waals surface area contributed by atoms with Crippen LogP contribution in [0.25, 0.3) is 22.3 Å². The minimum atomic E-state index is -0.798. The van der Waals surface area contributed by atoms with Gasteiger partial charge in [0.05, 0.1) is 10.9 Å². The molecule has 0 amide bonds. The zero-order valence-corrected chi connectivity index (χ0v) is 16.6. The van der Waals surface area contributed by atoms with E-state index in [0.29, 0.717) is 28.7 Å². The van der Waals surface area contributed by atoms with Crippen molar-refractivity contribution in [2.24, 2.45) is 0 Å². The van der Waals surface area contributed by atoms with Crippen LogP contribution in [0.5, 0.6) is 0 Å². The number of benzene rings is 2. The molecular weight excluding hydrogens is 378 g/mol. The highest BCUT2D eigenvalue weighted by Crippen LogP contribution is 2.24. The lowest BCUT2D eigenvalue weighted by atomic mass is 10.1. The van der Waals surface area contributed by atoms with E-state index in [0.717, 1.165) is 5.56 Å². The minimum absolute atomic E-state index is 0.147. The molecule has 2 aromatic carbocycles. The molecule has 0 saturated heterocycles. The normalized spacial score (nSPS) is 11.9. The molecule has 0 N–H and O–H groups in total. The lowest BCUT2D eigenvalue weighted by molar-refractivity contribution is -0.149. The van der Waals surface area contributed by atoms with Crippen molar-refractivity contribution in [1.29, 1.82) is 0 Å². The van der Waals surface area contributed by atoms with E-state index in [1.165, 1.54) is 4.57 Å². The topological polar surface area (TPSA) is 74.1 Å². The quantitative estimate of drug-likeness (QED) is 0.455. The largest absolute Gasteiger partial charge is 0.459 e. The first-order valence-electron chi connectivity index (χ1n) is 9.81. The van der Waals surface area contributed by atoms with E-state index in [4.69, 9.17) is 9.72 Å². The average Bonchev–Trinajstić information content (AvgIpc) is 2.80. The fourth-order valence-electron chi connectivity index (χ4n) is 3.41. The maximum atomic E-state index is 13.4. The SMILES string of the molecule is CCC(C(=O)OCc1ccccc1)n1c(-c2cccnc2)nc2ccccc2c1=O. The van der Waals surface area contributed by atoms with E-state index in [1.54, 1.807) is 36.7 Å². The molecule has 1 unspecified atom stereocenters. The van der Waals surface area contributed by atoms with Gasteiger partial charge in [-0.05, 0) is 36.2 Å². The third kappa shape index (κ3) is 3.85. The zero-order valence-electron chi connectivity index (χ0n) is 16.6. The molecule has 6 heteroatoms. The van der Waals surface area contributed by atoms with Crippen molar-refractivity contribution >= 4 is 16.9 Å². The Hall–Kier alpha value is -3.80. The van der Waals surface area contributed by atoms with Crippen molar-refractivity contribution in [2.75, 3.05) is 0 Å². The van der Waals surface area contributed by atoms with Crippen LogP contribution in [0, 0.1) is 0 Å². The van der Waals surface area contributed by atoms with E-state index in [9.17, 15) is 9.59 Å². The van der Waals surface area contributed by atoms with Gasteiger partial charge >= 0.3 is 5.97 Å². The van der Waals surface area contributed by atoms with Gasteiger partial charge in [-0.25, -0.2) is 9.78 Å². The van der Waals surface area contributed by atoms with Gasteiger partial charge in [0, 0.05) is 18.0 Å². The van der Waals surface area contributed by atoms with Crippen molar-refractivity contribution in [3.05, 3.63) is 95.0 Å². The molecule has 1 atom stereocenters. The van der Waals surface area contributed by atoms with Gasteiger partial charge < -0.3 is 4.74 Å². The summed E-state index contributed by atoms with van der Waals surface area (Å²) in [6.45, 7) is 2.00. The van der Waals surface area contributed by atoms with Crippen LogP contribution in [0.2, 0.25) is 0 Å². The second-order valence-electron chi connectivity index (χ2n) is 6.89. The fourth-order valence-corrected chi connectivity index (χ4v) is 3.41. The first kappa shape index (κ1) is 19.5. The van der Waals surface area contributed by atoms with E-state index in [1.807, 2.05) is 49.4 Å². The molecule has 150 valence electrons. The number of esters is 1. The maximum Gasteiger partial charge on any atom is 0.329 e. The second kappa shape index (κ2) is 8.69. The molecule has 4 rings (SSSR count). The number of carbonyl (C=O) groups is 1. The van der Waals surface area contributed by atoms with Crippen LogP contribution >= 0.6 is 0 Å². The molecule has 4 aromatic rings. The van der Waals surface area contributed by atoms with Crippen molar-refractivity contribution in [3.8, 4) is 11.4 Å². The molecule has 0 aliphatic rings. The molecule has 0 aliphatic carbocycles. The Bertz CT molecular complexity index is 1220. The fraction of sp³-hybridized carbons (Fsp3) is 0.167. The Morgan fingerprint density at radius 1 is 1.03 bits per heavy atom. The van der Waals surface area contributed by atoms with Crippen molar-refractivity contribution in [2.45, 2.75) is 26.0 Å². The minimum Gasteiger partial charge on any atom is -0.459 e. The monoisotopic (exact) mass is 399 g/mol. The number of rotatable bonds is 6. The van der Waals surface area contributed by atoms with Gasteiger partial charge in [0.2, 0.25) is 0 Å². The Balaban J connectivity index is 1.79. The summed E-state index contributed by atoms with van der Waals surface area (Å²) in [4.78, 5) is 35.2. The molecule has 0 fully saturated rings. The highest BCUT2D eigenvalue weighted by atomic mass is 16.5. The zero-order chi connectivity index (χ0) is 20.9. The van der Waals surface area contributed by atoms with Gasteiger partial charge in [-0.15, -0.1) is 0 Å². The lowest BCUT2D eigenvalue weighted by Gasteiger charge is -2.21. The third-order valence-corrected chi connectivity index (χ3v) is 4.92. The summed E-state index contributed by atoms with van der Waals surface area (Å²) >= 11 is 0. The number of pyridine rings is 1. The highest BCUT2D eigenvalue weighted by Gasteiger charge is 2.26. The van der Waals surface area contributed by atoms with E-state index < -0.39 is 12.0 Å². The number of hydrogen-bond acceptors (Lipinski definition) is 5. The average molecular weight is 399 g/mol. The molecule has 30 heavy (non-hydrogen) atoms. The Morgan fingerprint density at radius 3 is 2.53 bits per heavy atom. The van der Waals surface area contributed by atoms with Gasteiger partial charge in [-0.2, -0.15) is 0 Å². The van der Waals surface area contributed by atoms with Crippen LogP contribution in [0.3, 0.4) is 0 Å². The van der Waals surface area contributed by atoms with Gasteiger partial charge in [-0.3, -0.25) is 14.3 Å². The number of para-hydroxylation sites is 1.